The van der Waals surface area contributed by atoms with Crippen LogP contribution in [0.25, 0.3) is 16.4 Å². The van der Waals surface area contributed by atoms with Crippen LogP contribution in [-0.4, -0.2) is 40.9 Å². The van der Waals surface area contributed by atoms with Crippen molar-refractivity contribution >= 4 is 52.3 Å². The Bertz CT molecular complexity index is 1340. The number of carboxylic acid groups (broad SMARTS) is 1. The second-order valence-electron chi connectivity index (χ2n) is 7.74. The van der Waals surface area contributed by atoms with Gasteiger partial charge in [-0.1, -0.05) is 54.5 Å². The highest BCUT2D eigenvalue weighted by atomic mass is 35.5. The molecule has 1 aromatic carbocycles. The summed E-state index contributed by atoms with van der Waals surface area (Å²) in [6.07, 6.45) is 3.96. The molecule has 0 unspecified atom stereocenters. The molecule has 0 spiro atoms. The van der Waals surface area contributed by atoms with Gasteiger partial charge in [0.1, 0.15) is 5.69 Å². The predicted octanol–water partition coefficient (Wildman–Crippen LogP) is 6.13. The summed E-state index contributed by atoms with van der Waals surface area (Å²) < 4.78 is 4.12. The first-order chi connectivity index (χ1) is 15.6. The molecule has 3 aromatic heterocycles. The first-order valence-corrected chi connectivity index (χ1v) is 12.5. The Hall–Kier alpha value is -2.33. The lowest BCUT2D eigenvalue weighted by Gasteiger charge is -2.06. The zero-order valence-corrected chi connectivity index (χ0v) is 21.5. The third-order valence-electron chi connectivity index (χ3n) is 4.86. The fraction of sp³-hybridized carbons (Fsp3) is 0.273. The maximum Gasteiger partial charge on any atom is 0.355 e. The number of rotatable bonds is 7. The summed E-state index contributed by atoms with van der Waals surface area (Å²) in [6, 6.07) is 5.18. The number of thiazole rings is 1. The van der Waals surface area contributed by atoms with Gasteiger partial charge >= 0.3 is 5.97 Å². The lowest BCUT2D eigenvalue weighted by atomic mass is 10.0. The Labute approximate surface area is 209 Å². The Kier molecular flexibility index (Phi) is 6.86. The van der Waals surface area contributed by atoms with E-state index < -0.39 is 5.97 Å². The van der Waals surface area contributed by atoms with Gasteiger partial charge in [-0.2, -0.15) is 14.9 Å². The number of aryl methyl sites for hydroxylation is 2. The Balaban J connectivity index is 1.83. The molecule has 0 saturated heterocycles. The molecule has 0 aliphatic rings. The van der Waals surface area contributed by atoms with Crippen LogP contribution < -0.4 is 0 Å². The summed E-state index contributed by atoms with van der Waals surface area (Å²) in [5, 5.41) is 20.7. The smallest absolute Gasteiger partial charge is 0.355 e. The molecule has 1 N–H and O–H groups in total. The molecule has 4 aromatic rings. The molecule has 3 heterocycles. The van der Waals surface area contributed by atoms with Crippen LogP contribution in [0, 0.1) is 6.92 Å². The van der Waals surface area contributed by atoms with Crippen LogP contribution in [0.1, 0.15) is 41.2 Å². The van der Waals surface area contributed by atoms with E-state index in [1.54, 1.807) is 47.8 Å². The topological polar surface area (TPSA) is 85.8 Å². The van der Waals surface area contributed by atoms with Crippen molar-refractivity contribution in [3.63, 3.8) is 0 Å². The highest BCUT2D eigenvalue weighted by molar-refractivity contribution is 8.01. The Morgan fingerprint density at radius 1 is 1.30 bits per heavy atom. The number of aromatic nitrogens is 5. The summed E-state index contributed by atoms with van der Waals surface area (Å²) >= 11 is 15.5. The van der Waals surface area contributed by atoms with Gasteiger partial charge in [0.05, 0.1) is 16.1 Å². The quantitative estimate of drug-likeness (QED) is 0.294. The van der Waals surface area contributed by atoms with Crippen LogP contribution in [0.3, 0.4) is 0 Å². The largest absolute Gasteiger partial charge is 0.476 e. The number of carboxylic acids is 1. The highest BCUT2D eigenvalue weighted by Crippen LogP contribution is 2.40. The molecule has 11 heteroatoms. The zero-order chi connectivity index (χ0) is 23.9. The minimum Gasteiger partial charge on any atom is -0.476 e. The van der Waals surface area contributed by atoms with Crippen molar-refractivity contribution in [1.82, 2.24) is 24.5 Å². The second-order valence-corrected chi connectivity index (χ2v) is 11.4. The minimum atomic E-state index is -1.08. The normalized spacial score (nSPS) is 11.5. The zero-order valence-electron chi connectivity index (χ0n) is 18.3. The summed E-state index contributed by atoms with van der Waals surface area (Å²) in [4.78, 5) is 17.1. The molecular weight excluding hydrogens is 501 g/mol. The van der Waals surface area contributed by atoms with E-state index in [9.17, 15) is 9.90 Å². The molecule has 172 valence electrons. The number of hydrogen-bond donors (Lipinski definition) is 1. The van der Waals surface area contributed by atoms with E-state index in [1.165, 1.54) is 16.0 Å². The molecule has 0 saturated carbocycles. The van der Waals surface area contributed by atoms with E-state index in [0.29, 0.717) is 38.1 Å². The summed E-state index contributed by atoms with van der Waals surface area (Å²) in [5.74, 6) is -1.08. The molecule has 0 atom stereocenters. The van der Waals surface area contributed by atoms with E-state index in [1.807, 2.05) is 13.2 Å². The predicted molar refractivity (Wildman–Crippen MR) is 133 cm³/mol. The first kappa shape index (κ1) is 23.8. The summed E-state index contributed by atoms with van der Waals surface area (Å²) in [6.45, 7) is 6.00. The van der Waals surface area contributed by atoms with Crippen LogP contribution in [0.2, 0.25) is 10.0 Å². The van der Waals surface area contributed by atoms with Crippen molar-refractivity contribution in [3.05, 3.63) is 63.2 Å². The monoisotopic (exact) mass is 521 g/mol. The van der Waals surface area contributed by atoms with Crippen LogP contribution in [0.5, 0.6) is 0 Å². The summed E-state index contributed by atoms with van der Waals surface area (Å²) in [5.41, 5.74) is 3.69. The molecule has 0 fully saturated rings. The second kappa shape index (κ2) is 9.50. The average molecular weight is 522 g/mol. The molecule has 0 radical (unpaired) electrons. The van der Waals surface area contributed by atoms with Gasteiger partial charge in [0, 0.05) is 46.1 Å². The van der Waals surface area contributed by atoms with Crippen molar-refractivity contribution in [1.29, 1.82) is 0 Å². The molecule has 0 bridgehead atoms. The first-order valence-electron chi connectivity index (χ1n) is 10.1. The van der Waals surface area contributed by atoms with Crippen molar-refractivity contribution in [2.24, 2.45) is 7.05 Å². The van der Waals surface area contributed by atoms with Gasteiger partial charge in [0.2, 0.25) is 5.13 Å². The Morgan fingerprint density at radius 3 is 2.67 bits per heavy atom. The van der Waals surface area contributed by atoms with Crippen LogP contribution in [0.4, 0.5) is 0 Å². The number of halogens is 2. The number of carbonyl (C=O) groups is 1. The SMILES string of the molecule is Cc1nn(-c2nc(-c3cnn(C)c3)c(SC(C)C)s2)c(C(=O)O)c1Cc1ccc(Cl)cc1Cl. The number of benzene rings is 1. The number of hydrogen-bond acceptors (Lipinski definition) is 6. The molecule has 33 heavy (non-hydrogen) atoms. The molecule has 7 nitrogen and oxygen atoms in total. The fourth-order valence-electron chi connectivity index (χ4n) is 3.39. The maximum absolute atomic E-state index is 12.3. The van der Waals surface area contributed by atoms with Gasteiger partial charge in [0.25, 0.3) is 0 Å². The van der Waals surface area contributed by atoms with Crippen molar-refractivity contribution in [3.8, 4) is 16.4 Å². The average Bonchev–Trinajstić information content (AvgIpc) is 3.41. The fourth-order valence-corrected chi connectivity index (χ4v) is 6.34. The Morgan fingerprint density at radius 2 is 2.06 bits per heavy atom. The number of aromatic carboxylic acids is 1. The minimum absolute atomic E-state index is 0.0751. The van der Waals surface area contributed by atoms with E-state index in [2.05, 4.69) is 24.0 Å². The van der Waals surface area contributed by atoms with Crippen LogP contribution >= 0.6 is 46.3 Å². The highest BCUT2D eigenvalue weighted by Gasteiger charge is 2.26. The van der Waals surface area contributed by atoms with Gasteiger partial charge in [-0.25, -0.2) is 9.78 Å². The van der Waals surface area contributed by atoms with E-state index in [4.69, 9.17) is 28.2 Å². The molecule has 0 amide bonds. The molecule has 0 aliphatic heterocycles. The van der Waals surface area contributed by atoms with Gasteiger partial charge in [-0.05, 0) is 24.6 Å². The van der Waals surface area contributed by atoms with E-state index in [-0.39, 0.29) is 5.69 Å². The molecular formula is C22H21Cl2N5O2S2. The van der Waals surface area contributed by atoms with Gasteiger partial charge < -0.3 is 5.11 Å². The molecule has 0 aliphatic carbocycles. The van der Waals surface area contributed by atoms with Crippen molar-refractivity contribution in [2.45, 2.75) is 36.7 Å². The molecule has 4 rings (SSSR count). The van der Waals surface area contributed by atoms with Gasteiger partial charge in [-0.15, -0.1) is 11.8 Å². The third-order valence-corrected chi connectivity index (χ3v) is 7.69. The van der Waals surface area contributed by atoms with Crippen molar-refractivity contribution < 1.29 is 9.90 Å². The standard InChI is InChI=1S/C22H21Cl2N5O2S2/c1-11(2)32-21-18(14-9-25-28(4)10-14)26-22(33-21)29-19(20(30)31)16(12(3)27-29)7-13-5-6-15(23)8-17(13)24/h5-6,8-11H,7H2,1-4H3,(H,30,31). The number of nitrogens with zero attached hydrogens (tertiary/aromatic N) is 5. The number of thioether (sulfide) groups is 1. The van der Waals surface area contributed by atoms with Gasteiger partial charge in [-0.3, -0.25) is 4.68 Å². The lowest BCUT2D eigenvalue weighted by molar-refractivity contribution is 0.0686. The van der Waals surface area contributed by atoms with Crippen LogP contribution in [0.15, 0.2) is 34.8 Å². The maximum atomic E-state index is 12.3. The lowest BCUT2D eigenvalue weighted by Crippen LogP contribution is -2.10. The van der Waals surface area contributed by atoms with Crippen LogP contribution in [-0.2, 0) is 13.5 Å². The van der Waals surface area contributed by atoms with E-state index in [0.717, 1.165) is 21.0 Å². The van der Waals surface area contributed by atoms with Gasteiger partial charge in [0.15, 0.2) is 5.69 Å². The third kappa shape index (κ3) is 4.96. The van der Waals surface area contributed by atoms with E-state index >= 15 is 0 Å². The van der Waals surface area contributed by atoms with Crippen molar-refractivity contribution in [2.75, 3.05) is 0 Å². The summed E-state index contributed by atoms with van der Waals surface area (Å²) in [7, 11) is 1.85.